The van der Waals surface area contributed by atoms with E-state index in [9.17, 15) is 4.21 Å². The molecule has 0 bridgehead atoms. The van der Waals surface area contributed by atoms with Crippen molar-refractivity contribution in [2.24, 2.45) is 0 Å². The van der Waals surface area contributed by atoms with Crippen LogP contribution in [0.2, 0.25) is 0 Å². The number of ether oxygens (including phenoxy) is 1. The summed E-state index contributed by atoms with van der Waals surface area (Å²) < 4.78 is 23.6. The molecule has 1 heterocycles. The van der Waals surface area contributed by atoms with Crippen molar-refractivity contribution in [1.82, 2.24) is 0 Å². The zero-order valence-electron chi connectivity index (χ0n) is 4.41. The van der Waals surface area contributed by atoms with Gasteiger partial charge in [0.2, 0.25) is 0 Å². The summed E-state index contributed by atoms with van der Waals surface area (Å²) in [7, 11) is 0. The normalized spacial score (nSPS) is 29.1. The van der Waals surface area contributed by atoms with E-state index in [1.807, 2.05) is 0 Å². The maximum atomic E-state index is 10.3. The lowest BCUT2D eigenvalue weighted by Crippen LogP contribution is -2.05. The summed E-state index contributed by atoms with van der Waals surface area (Å²) in [6, 6.07) is 0. The fourth-order valence-corrected chi connectivity index (χ4v) is 1.70. The topological polar surface area (TPSA) is 46.5 Å². The van der Waals surface area contributed by atoms with E-state index in [0.29, 0.717) is 11.5 Å². The zero-order valence-corrected chi connectivity index (χ0v) is 6.81. The lowest BCUT2D eigenvalue weighted by molar-refractivity contribution is 0.285. The maximum absolute atomic E-state index is 10.3. The van der Waals surface area contributed by atoms with Crippen LogP contribution in [-0.2, 0) is 15.8 Å². The molecule has 1 aliphatic rings. The molecular formula is C4H5BrO3S. The number of hydrogen-bond acceptors (Lipinski definition) is 2. The van der Waals surface area contributed by atoms with Crippen LogP contribution in [0.15, 0.2) is 11.2 Å². The molecule has 52 valence electrons. The standard InChI is InChI=1S/C4H5BrO3S/c5-3-1-8-2-4(3)9(6)7/h2-3H,1H2,(H,6,7). The SMILES string of the molecule is O=S(O)C1=COCC1Br. The van der Waals surface area contributed by atoms with E-state index in [0.717, 1.165) is 0 Å². The second kappa shape index (κ2) is 2.81. The van der Waals surface area contributed by atoms with Crippen LogP contribution in [0.1, 0.15) is 0 Å². The third-order valence-corrected chi connectivity index (χ3v) is 2.80. The first-order valence-electron chi connectivity index (χ1n) is 2.28. The summed E-state index contributed by atoms with van der Waals surface area (Å²) in [5, 5.41) is 0. The first-order valence-corrected chi connectivity index (χ1v) is 4.30. The molecular weight excluding hydrogens is 208 g/mol. The Morgan fingerprint density at radius 1 is 2.00 bits per heavy atom. The fraction of sp³-hybridized carbons (Fsp3) is 0.500. The van der Waals surface area contributed by atoms with Crippen molar-refractivity contribution in [3.63, 3.8) is 0 Å². The predicted molar refractivity (Wildman–Crippen MR) is 37.5 cm³/mol. The van der Waals surface area contributed by atoms with Crippen molar-refractivity contribution in [2.45, 2.75) is 4.83 Å². The van der Waals surface area contributed by atoms with Crippen LogP contribution in [0.4, 0.5) is 0 Å². The Hall–Kier alpha value is 0.130. The highest BCUT2D eigenvalue weighted by Gasteiger charge is 2.21. The largest absolute Gasteiger partial charge is 0.499 e. The first-order chi connectivity index (χ1) is 4.22. The summed E-state index contributed by atoms with van der Waals surface area (Å²) in [4.78, 5) is 0.304. The van der Waals surface area contributed by atoms with Crippen molar-refractivity contribution in [1.29, 1.82) is 0 Å². The van der Waals surface area contributed by atoms with Gasteiger partial charge >= 0.3 is 0 Å². The second-order valence-corrected chi connectivity index (χ2v) is 3.65. The third-order valence-electron chi connectivity index (χ3n) is 0.952. The average molecular weight is 213 g/mol. The Balaban J connectivity index is 2.68. The molecule has 0 aromatic carbocycles. The van der Waals surface area contributed by atoms with E-state index >= 15 is 0 Å². The molecule has 0 spiro atoms. The first kappa shape index (κ1) is 7.24. The molecule has 0 aromatic rings. The molecule has 5 heteroatoms. The predicted octanol–water partition coefficient (Wildman–Crippen LogP) is 0.843. The maximum Gasteiger partial charge on any atom is 0.186 e. The molecule has 0 fully saturated rings. The Kier molecular flexibility index (Phi) is 2.26. The van der Waals surface area contributed by atoms with Crippen molar-refractivity contribution < 1.29 is 13.5 Å². The second-order valence-electron chi connectivity index (χ2n) is 1.57. The summed E-state index contributed by atoms with van der Waals surface area (Å²) in [5.74, 6) is 0. The molecule has 0 saturated carbocycles. The Morgan fingerprint density at radius 3 is 2.89 bits per heavy atom. The van der Waals surface area contributed by atoms with Crippen molar-refractivity contribution in [3.05, 3.63) is 11.2 Å². The van der Waals surface area contributed by atoms with Gasteiger partial charge in [0.05, 0.1) is 16.0 Å². The van der Waals surface area contributed by atoms with Gasteiger partial charge in [-0.25, -0.2) is 4.21 Å². The van der Waals surface area contributed by atoms with Gasteiger partial charge in [0.25, 0.3) is 0 Å². The average Bonchev–Trinajstić information content (AvgIpc) is 2.13. The number of alkyl halides is 1. The summed E-state index contributed by atoms with van der Waals surface area (Å²) >= 11 is 1.28. The van der Waals surface area contributed by atoms with E-state index in [1.54, 1.807) is 0 Å². The highest BCUT2D eigenvalue weighted by Crippen LogP contribution is 2.20. The van der Waals surface area contributed by atoms with Crippen molar-refractivity contribution >= 4 is 27.0 Å². The molecule has 2 unspecified atom stereocenters. The molecule has 9 heavy (non-hydrogen) atoms. The molecule has 0 aromatic heterocycles. The van der Waals surface area contributed by atoms with Crippen LogP contribution in [0.5, 0.6) is 0 Å². The van der Waals surface area contributed by atoms with Crippen molar-refractivity contribution in [2.75, 3.05) is 6.61 Å². The lowest BCUT2D eigenvalue weighted by atomic mass is 10.5. The fourth-order valence-electron chi connectivity index (χ4n) is 0.521. The summed E-state index contributed by atoms with van der Waals surface area (Å²) in [6.07, 6.45) is 1.32. The minimum absolute atomic E-state index is 0.0941. The van der Waals surface area contributed by atoms with E-state index in [4.69, 9.17) is 9.29 Å². The highest BCUT2D eigenvalue weighted by atomic mass is 79.9. The lowest BCUT2D eigenvalue weighted by Gasteiger charge is -1.96. The van der Waals surface area contributed by atoms with Gasteiger partial charge in [-0.2, -0.15) is 0 Å². The zero-order chi connectivity index (χ0) is 6.85. The smallest absolute Gasteiger partial charge is 0.186 e. The van der Waals surface area contributed by atoms with E-state index in [2.05, 4.69) is 15.9 Å². The monoisotopic (exact) mass is 212 g/mol. The molecule has 3 nitrogen and oxygen atoms in total. The van der Waals surface area contributed by atoms with Gasteiger partial charge in [0, 0.05) is 0 Å². The number of rotatable bonds is 1. The minimum atomic E-state index is -1.88. The Labute approximate surface area is 63.5 Å². The number of halogens is 1. The van der Waals surface area contributed by atoms with E-state index in [-0.39, 0.29) is 4.83 Å². The van der Waals surface area contributed by atoms with Gasteiger partial charge < -0.3 is 9.29 Å². The van der Waals surface area contributed by atoms with Gasteiger partial charge in [0.15, 0.2) is 11.1 Å². The van der Waals surface area contributed by atoms with Gasteiger partial charge in [-0.15, -0.1) is 0 Å². The summed E-state index contributed by atoms with van der Waals surface area (Å²) in [6.45, 7) is 0.446. The molecule has 0 amide bonds. The quantitative estimate of drug-likeness (QED) is 0.518. The van der Waals surface area contributed by atoms with Gasteiger partial charge in [-0.05, 0) is 0 Å². The molecule has 1 rings (SSSR count). The van der Waals surface area contributed by atoms with Crippen LogP contribution in [-0.4, -0.2) is 20.2 Å². The Morgan fingerprint density at radius 2 is 2.67 bits per heavy atom. The van der Waals surface area contributed by atoms with E-state index < -0.39 is 11.1 Å². The highest BCUT2D eigenvalue weighted by molar-refractivity contribution is 9.09. The van der Waals surface area contributed by atoms with Crippen LogP contribution in [0.25, 0.3) is 0 Å². The van der Waals surface area contributed by atoms with Gasteiger partial charge in [-0.3, -0.25) is 0 Å². The molecule has 2 atom stereocenters. The Bertz CT molecular complexity index is 167. The number of hydrogen-bond donors (Lipinski definition) is 1. The van der Waals surface area contributed by atoms with Gasteiger partial charge in [-0.1, -0.05) is 15.9 Å². The van der Waals surface area contributed by atoms with Crippen LogP contribution < -0.4 is 0 Å². The minimum Gasteiger partial charge on any atom is -0.499 e. The van der Waals surface area contributed by atoms with E-state index in [1.165, 1.54) is 6.26 Å². The molecule has 0 saturated heterocycles. The van der Waals surface area contributed by atoms with Crippen LogP contribution in [0.3, 0.4) is 0 Å². The van der Waals surface area contributed by atoms with Crippen LogP contribution in [0, 0.1) is 0 Å². The molecule has 0 aliphatic carbocycles. The van der Waals surface area contributed by atoms with Gasteiger partial charge in [0.1, 0.15) is 6.61 Å². The van der Waals surface area contributed by atoms with Crippen LogP contribution >= 0.6 is 15.9 Å². The molecule has 1 aliphatic heterocycles. The summed E-state index contributed by atoms with van der Waals surface area (Å²) in [5.41, 5.74) is 0. The third kappa shape index (κ3) is 1.53. The molecule has 1 N–H and O–H groups in total. The van der Waals surface area contributed by atoms with Crippen molar-refractivity contribution in [3.8, 4) is 0 Å². The molecule has 0 radical (unpaired) electrons.